The maximum atomic E-state index is 12.1. The van der Waals surface area contributed by atoms with E-state index in [1.807, 2.05) is 6.92 Å². The predicted molar refractivity (Wildman–Crippen MR) is 75.9 cm³/mol. The third kappa shape index (κ3) is 4.06. The van der Waals surface area contributed by atoms with Gasteiger partial charge in [-0.2, -0.15) is 0 Å². The Morgan fingerprint density at radius 1 is 1.32 bits per heavy atom. The van der Waals surface area contributed by atoms with E-state index in [9.17, 15) is 9.59 Å². The minimum atomic E-state index is -0.226. The third-order valence-electron chi connectivity index (χ3n) is 2.95. The fourth-order valence-electron chi connectivity index (χ4n) is 1.86. The molecule has 1 atom stereocenters. The monoisotopic (exact) mass is 263 g/mol. The number of rotatable bonds is 6. The van der Waals surface area contributed by atoms with E-state index >= 15 is 0 Å². The highest BCUT2D eigenvalue weighted by molar-refractivity contribution is 6.04. The summed E-state index contributed by atoms with van der Waals surface area (Å²) < 4.78 is 0. The first-order valence-electron chi connectivity index (χ1n) is 6.46. The standard InChI is InChI=1S/C14H21N3O2/c1-3-6-10(9-15)13(18)17-12-8-5-4-7-11(12)14(19)16-2/h4-5,7-8,10H,3,6,9,15H2,1-2H3,(H,16,19)(H,17,18). The van der Waals surface area contributed by atoms with E-state index in [4.69, 9.17) is 5.73 Å². The minimum absolute atomic E-state index is 0.138. The summed E-state index contributed by atoms with van der Waals surface area (Å²) in [7, 11) is 1.56. The number of hydrogen-bond acceptors (Lipinski definition) is 3. The van der Waals surface area contributed by atoms with Crippen molar-refractivity contribution >= 4 is 17.5 Å². The van der Waals surface area contributed by atoms with Gasteiger partial charge in [0.25, 0.3) is 5.91 Å². The van der Waals surface area contributed by atoms with Crippen LogP contribution in [0.4, 0.5) is 5.69 Å². The molecule has 0 bridgehead atoms. The van der Waals surface area contributed by atoms with Crippen LogP contribution in [0.15, 0.2) is 24.3 Å². The molecule has 0 aliphatic rings. The lowest BCUT2D eigenvalue weighted by Gasteiger charge is -2.15. The van der Waals surface area contributed by atoms with Crippen LogP contribution in [0.5, 0.6) is 0 Å². The summed E-state index contributed by atoms with van der Waals surface area (Å²) in [5, 5.41) is 5.33. The Morgan fingerprint density at radius 3 is 2.58 bits per heavy atom. The van der Waals surface area contributed by atoms with Crippen LogP contribution < -0.4 is 16.4 Å². The molecule has 1 rings (SSSR count). The molecular formula is C14H21N3O2. The molecule has 19 heavy (non-hydrogen) atoms. The summed E-state index contributed by atoms with van der Waals surface area (Å²) in [6.07, 6.45) is 1.64. The Bertz CT molecular complexity index is 446. The maximum Gasteiger partial charge on any atom is 0.253 e. The third-order valence-corrected chi connectivity index (χ3v) is 2.95. The molecule has 0 saturated heterocycles. The second-order valence-corrected chi connectivity index (χ2v) is 4.34. The van der Waals surface area contributed by atoms with Crippen molar-refractivity contribution in [1.29, 1.82) is 0 Å². The largest absolute Gasteiger partial charge is 0.355 e. The summed E-state index contributed by atoms with van der Waals surface area (Å²) >= 11 is 0. The van der Waals surface area contributed by atoms with Gasteiger partial charge in [-0.25, -0.2) is 0 Å². The average Bonchev–Trinajstić information content (AvgIpc) is 2.44. The molecule has 0 radical (unpaired) electrons. The van der Waals surface area contributed by atoms with Gasteiger partial charge in [0.15, 0.2) is 0 Å². The molecule has 0 aromatic heterocycles. The van der Waals surface area contributed by atoms with Crippen molar-refractivity contribution in [2.24, 2.45) is 11.7 Å². The smallest absolute Gasteiger partial charge is 0.253 e. The topological polar surface area (TPSA) is 84.2 Å². The number of carbonyl (C=O) groups excluding carboxylic acids is 2. The first-order valence-corrected chi connectivity index (χ1v) is 6.46. The molecule has 104 valence electrons. The van der Waals surface area contributed by atoms with Crippen LogP contribution in [-0.2, 0) is 4.79 Å². The molecule has 0 aliphatic heterocycles. The van der Waals surface area contributed by atoms with Gasteiger partial charge in [0.1, 0.15) is 0 Å². The van der Waals surface area contributed by atoms with Crippen molar-refractivity contribution in [3.63, 3.8) is 0 Å². The highest BCUT2D eigenvalue weighted by Gasteiger charge is 2.18. The summed E-state index contributed by atoms with van der Waals surface area (Å²) in [5.74, 6) is -0.584. The van der Waals surface area contributed by atoms with Crippen LogP contribution in [0.3, 0.4) is 0 Å². The molecule has 4 N–H and O–H groups in total. The van der Waals surface area contributed by atoms with Gasteiger partial charge < -0.3 is 16.4 Å². The van der Waals surface area contributed by atoms with Gasteiger partial charge in [0.05, 0.1) is 17.2 Å². The first kappa shape index (κ1) is 15.2. The first-order chi connectivity index (χ1) is 9.13. The number of carbonyl (C=O) groups is 2. The number of benzene rings is 1. The molecule has 0 heterocycles. The van der Waals surface area contributed by atoms with Crippen molar-refractivity contribution in [1.82, 2.24) is 5.32 Å². The molecule has 5 nitrogen and oxygen atoms in total. The van der Waals surface area contributed by atoms with Crippen molar-refractivity contribution < 1.29 is 9.59 Å². The van der Waals surface area contributed by atoms with E-state index in [1.54, 1.807) is 31.3 Å². The summed E-state index contributed by atoms with van der Waals surface area (Å²) in [6.45, 7) is 2.32. The number of para-hydroxylation sites is 1. The van der Waals surface area contributed by atoms with Crippen LogP contribution in [0, 0.1) is 5.92 Å². The quantitative estimate of drug-likeness (QED) is 0.724. The average molecular weight is 263 g/mol. The zero-order chi connectivity index (χ0) is 14.3. The van der Waals surface area contributed by atoms with Crippen molar-refractivity contribution in [3.8, 4) is 0 Å². The number of nitrogens with one attached hydrogen (secondary N) is 2. The zero-order valence-corrected chi connectivity index (χ0v) is 11.4. The number of amides is 2. The molecule has 2 amide bonds. The van der Waals surface area contributed by atoms with Gasteiger partial charge in [-0.3, -0.25) is 9.59 Å². The molecule has 5 heteroatoms. The molecule has 1 unspecified atom stereocenters. The van der Waals surface area contributed by atoms with Gasteiger partial charge in [0.2, 0.25) is 5.91 Å². The normalized spacial score (nSPS) is 11.7. The van der Waals surface area contributed by atoms with Crippen LogP contribution >= 0.6 is 0 Å². The fraction of sp³-hybridized carbons (Fsp3) is 0.429. The molecular weight excluding hydrogens is 242 g/mol. The van der Waals surface area contributed by atoms with Gasteiger partial charge in [-0.05, 0) is 18.6 Å². The maximum absolute atomic E-state index is 12.1. The second-order valence-electron chi connectivity index (χ2n) is 4.34. The van der Waals surface area contributed by atoms with Crippen LogP contribution in [0.1, 0.15) is 30.1 Å². The molecule has 0 aliphatic carbocycles. The summed E-state index contributed by atoms with van der Waals surface area (Å²) in [6, 6.07) is 6.92. The van der Waals surface area contributed by atoms with E-state index in [2.05, 4.69) is 10.6 Å². The highest BCUT2D eigenvalue weighted by Crippen LogP contribution is 2.17. The lowest BCUT2D eigenvalue weighted by Crippen LogP contribution is -2.30. The Morgan fingerprint density at radius 2 is 2.00 bits per heavy atom. The highest BCUT2D eigenvalue weighted by atomic mass is 16.2. The Kier molecular flexibility index (Phi) is 6.02. The lowest BCUT2D eigenvalue weighted by atomic mass is 10.0. The Labute approximate surface area is 113 Å². The van der Waals surface area contributed by atoms with Crippen LogP contribution in [0.25, 0.3) is 0 Å². The van der Waals surface area contributed by atoms with Gasteiger partial charge in [0, 0.05) is 13.6 Å². The predicted octanol–water partition coefficient (Wildman–Crippen LogP) is 1.36. The SMILES string of the molecule is CCCC(CN)C(=O)Nc1ccccc1C(=O)NC. The van der Waals surface area contributed by atoms with Crippen molar-refractivity contribution in [2.45, 2.75) is 19.8 Å². The number of anilines is 1. The fourth-order valence-corrected chi connectivity index (χ4v) is 1.86. The van der Waals surface area contributed by atoms with E-state index in [-0.39, 0.29) is 17.7 Å². The number of hydrogen-bond donors (Lipinski definition) is 3. The van der Waals surface area contributed by atoms with E-state index in [0.717, 1.165) is 12.8 Å². The van der Waals surface area contributed by atoms with Gasteiger partial charge in [-0.15, -0.1) is 0 Å². The Hall–Kier alpha value is -1.88. The summed E-state index contributed by atoms with van der Waals surface area (Å²) in [5.41, 5.74) is 6.56. The molecule has 0 fully saturated rings. The van der Waals surface area contributed by atoms with Crippen molar-refractivity contribution in [2.75, 3.05) is 18.9 Å². The molecule has 1 aromatic rings. The van der Waals surface area contributed by atoms with Crippen molar-refractivity contribution in [3.05, 3.63) is 29.8 Å². The van der Waals surface area contributed by atoms with Gasteiger partial charge >= 0.3 is 0 Å². The van der Waals surface area contributed by atoms with Gasteiger partial charge in [-0.1, -0.05) is 25.5 Å². The molecule has 1 aromatic carbocycles. The molecule has 0 spiro atoms. The van der Waals surface area contributed by atoms with Crippen LogP contribution in [0.2, 0.25) is 0 Å². The minimum Gasteiger partial charge on any atom is -0.355 e. The van der Waals surface area contributed by atoms with E-state index in [1.165, 1.54) is 0 Å². The molecule has 0 saturated carbocycles. The second kappa shape index (κ2) is 7.53. The summed E-state index contributed by atoms with van der Waals surface area (Å²) in [4.78, 5) is 23.8. The number of nitrogens with two attached hydrogens (primary N) is 1. The zero-order valence-electron chi connectivity index (χ0n) is 11.4. The Balaban J connectivity index is 2.87. The van der Waals surface area contributed by atoms with E-state index < -0.39 is 0 Å². The lowest BCUT2D eigenvalue weighted by molar-refractivity contribution is -0.119. The van der Waals surface area contributed by atoms with Crippen LogP contribution in [-0.4, -0.2) is 25.4 Å². The van der Waals surface area contributed by atoms with E-state index in [0.29, 0.717) is 17.8 Å².